The van der Waals surface area contributed by atoms with Gasteiger partial charge in [-0.3, -0.25) is 14.5 Å². The van der Waals surface area contributed by atoms with Crippen LogP contribution in [0.3, 0.4) is 0 Å². The number of anilines is 2. The number of pyridine rings is 1. The summed E-state index contributed by atoms with van der Waals surface area (Å²) >= 11 is 0. The Kier molecular flexibility index (Phi) is 12.6. The quantitative estimate of drug-likeness (QED) is 0.126. The number of urea groups is 1. The highest BCUT2D eigenvalue weighted by Crippen LogP contribution is 2.39. The zero-order valence-corrected chi connectivity index (χ0v) is 33.5. The van der Waals surface area contributed by atoms with Crippen molar-refractivity contribution in [2.45, 2.75) is 83.4 Å². The number of benzene rings is 2. The number of likely N-dealkylation sites (N-methyl/N-ethyl adjacent to an activating group) is 1. The van der Waals surface area contributed by atoms with Gasteiger partial charge >= 0.3 is 6.03 Å². The first-order valence-electron chi connectivity index (χ1n) is 19.3. The predicted molar refractivity (Wildman–Crippen MR) is 217 cm³/mol. The molecule has 1 aliphatic carbocycles. The average molecular weight is 777 g/mol. The number of rotatable bonds is 10. The van der Waals surface area contributed by atoms with Crippen LogP contribution in [0.25, 0.3) is 11.3 Å². The molecule has 1 saturated heterocycles. The zero-order valence-electron chi connectivity index (χ0n) is 33.5. The van der Waals surface area contributed by atoms with E-state index in [1.165, 1.54) is 6.42 Å². The van der Waals surface area contributed by atoms with Crippen molar-refractivity contribution >= 4 is 29.9 Å². The fraction of sp³-hybridized carbons (Fsp3) is 0.429. The Morgan fingerprint density at radius 2 is 1.82 bits per heavy atom. The van der Waals surface area contributed by atoms with Crippen LogP contribution in [0.1, 0.15) is 94.3 Å². The number of nitrogens with one attached hydrogen (secondary N) is 2. The topological polar surface area (TPSA) is 175 Å². The third kappa shape index (κ3) is 9.46. The Morgan fingerprint density at radius 3 is 2.54 bits per heavy atom. The van der Waals surface area contributed by atoms with E-state index in [0.29, 0.717) is 54.9 Å². The molecular formula is C42H52N10O5. The van der Waals surface area contributed by atoms with Crippen molar-refractivity contribution in [1.29, 1.82) is 5.26 Å². The van der Waals surface area contributed by atoms with Crippen LogP contribution in [0, 0.1) is 11.3 Å². The first-order chi connectivity index (χ1) is 27.4. The van der Waals surface area contributed by atoms with Gasteiger partial charge in [0.05, 0.1) is 29.2 Å². The van der Waals surface area contributed by atoms with E-state index in [9.17, 15) is 10.1 Å². The van der Waals surface area contributed by atoms with Gasteiger partial charge in [-0.1, -0.05) is 45.0 Å². The van der Waals surface area contributed by atoms with Crippen LogP contribution < -0.4 is 25.0 Å². The number of piperidine rings is 1. The molecule has 0 radical (unpaired) electrons. The lowest BCUT2D eigenvalue weighted by Crippen LogP contribution is -2.38. The summed E-state index contributed by atoms with van der Waals surface area (Å²) in [6, 6.07) is 21.3. The molecule has 4 heterocycles. The maximum Gasteiger partial charge on any atom is 0.320 e. The van der Waals surface area contributed by atoms with Crippen molar-refractivity contribution in [1.82, 2.24) is 34.6 Å². The summed E-state index contributed by atoms with van der Waals surface area (Å²) in [5, 5.41) is 36.8. The van der Waals surface area contributed by atoms with Crippen LogP contribution in [0.15, 0.2) is 66.9 Å². The summed E-state index contributed by atoms with van der Waals surface area (Å²) < 4.78 is 16.4. The summed E-state index contributed by atoms with van der Waals surface area (Å²) in [4.78, 5) is 26.5. The number of fused-ring (bicyclic) bond motifs is 2. The molecule has 0 unspecified atom stereocenters. The summed E-state index contributed by atoms with van der Waals surface area (Å²) in [6.07, 6.45) is 6.74. The minimum atomic E-state index is -0.343. The number of carboxylic acid groups (broad SMARTS) is 1. The molecule has 300 valence electrons. The minimum Gasteiger partial charge on any atom is -0.491 e. The Bertz CT molecular complexity index is 2220. The van der Waals surface area contributed by atoms with E-state index in [-0.39, 0.29) is 30.1 Å². The zero-order chi connectivity index (χ0) is 40.7. The molecule has 57 heavy (non-hydrogen) atoms. The molecule has 1 fully saturated rings. The molecule has 5 aromatic rings. The Morgan fingerprint density at radius 1 is 1.05 bits per heavy atom. The molecule has 3 N–H and O–H groups in total. The predicted octanol–water partition coefficient (Wildman–Crippen LogP) is 6.88. The van der Waals surface area contributed by atoms with Crippen LogP contribution >= 0.6 is 0 Å². The highest BCUT2D eigenvalue weighted by atomic mass is 16.5. The van der Waals surface area contributed by atoms with Crippen molar-refractivity contribution in [2.24, 2.45) is 0 Å². The molecule has 3 aromatic heterocycles. The van der Waals surface area contributed by atoms with Gasteiger partial charge in [-0.25, -0.2) is 9.48 Å². The third-order valence-corrected chi connectivity index (χ3v) is 10.3. The molecule has 0 saturated carbocycles. The summed E-state index contributed by atoms with van der Waals surface area (Å²) in [6.45, 7) is 10.3. The SMILES string of the molecule is C[C@H]1CCCCN1c1nnc2ccc(O[C@@H]3CC[C@H](NC(=O)Nc4cc(C(C)(C)C)nn4-c4ccc(C#N)c(OCCN(C)C)c4)c4ccccc43)cn12.O=CO. The fourth-order valence-electron chi connectivity index (χ4n) is 7.24. The van der Waals surface area contributed by atoms with E-state index in [2.05, 4.69) is 71.6 Å². The highest BCUT2D eigenvalue weighted by molar-refractivity contribution is 5.89. The van der Waals surface area contributed by atoms with Crippen LogP contribution in [-0.2, 0) is 10.2 Å². The van der Waals surface area contributed by atoms with Crippen molar-refractivity contribution < 1.29 is 24.2 Å². The molecule has 2 aromatic carbocycles. The monoisotopic (exact) mass is 776 g/mol. The standard InChI is InChI=1S/C41H50N10O3.CH2O2/c1-27-11-9-10-20-49(27)40-46-45-37-19-16-30(26-50(37)40)54-34-18-17-33(31-12-7-8-13-32(31)34)43-39(52)44-38-24-36(41(2,3)4)47-51(38)29-15-14-28(25-42)35(23-29)53-22-21-48(5)6;2-1-3/h7-8,12-16,19,23-24,26-27,33-34H,9-11,17-18,20-22H2,1-6H3,(H2,43,44,52);1H,(H,2,3)/t27-,33-,34+;/m0./s1. The van der Waals surface area contributed by atoms with Crippen LogP contribution in [-0.4, -0.2) is 86.7 Å². The third-order valence-electron chi connectivity index (χ3n) is 10.3. The molecule has 2 aliphatic rings. The van der Waals surface area contributed by atoms with E-state index >= 15 is 0 Å². The number of amides is 2. The number of nitriles is 1. The largest absolute Gasteiger partial charge is 0.491 e. The molecule has 0 bridgehead atoms. The molecule has 15 heteroatoms. The molecule has 0 spiro atoms. The van der Waals surface area contributed by atoms with E-state index in [1.54, 1.807) is 16.8 Å². The van der Waals surface area contributed by atoms with Crippen LogP contribution in [0.4, 0.5) is 16.6 Å². The van der Waals surface area contributed by atoms with Crippen molar-refractivity contribution in [3.63, 3.8) is 0 Å². The van der Waals surface area contributed by atoms with E-state index in [1.807, 2.05) is 66.0 Å². The van der Waals surface area contributed by atoms with E-state index < -0.39 is 0 Å². The summed E-state index contributed by atoms with van der Waals surface area (Å²) in [5.74, 6) is 2.57. The van der Waals surface area contributed by atoms with Gasteiger partial charge in [0.15, 0.2) is 5.65 Å². The molecular weight excluding hydrogens is 725 g/mol. The van der Waals surface area contributed by atoms with Crippen molar-refractivity contribution in [3.05, 3.63) is 89.2 Å². The number of nitrogens with zero attached hydrogens (tertiary/aromatic N) is 8. The Hall–Kier alpha value is -6.14. The summed E-state index contributed by atoms with van der Waals surface area (Å²) in [5.41, 5.74) is 4.49. The number of carbonyl (C=O) groups is 2. The fourth-order valence-corrected chi connectivity index (χ4v) is 7.24. The molecule has 15 nitrogen and oxygen atoms in total. The molecule has 7 rings (SSSR count). The molecule has 1 aliphatic heterocycles. The minimum absolute atomic E-state index is 0.185. The van der Waals surface area contributed by atoms with Gasteiger partial charge in [0.25, 0.3) is 6.47 Å². The lowest BCUT2D eigenvalue weighted by atomic mass is 9.85. The van der Waals surface area contributed by atoms with Gasteiger partial charge in [-0.15, -0.1) is 10.2 Å². The number of hydrogen-bond donors (Lipinski definition) is 3. The number of ether oxygens (including phenoxy) is 2. The second-order valence-electron chi connectivity index (χ2n) is 15.7. The first-order valence-corrected chi connectivity index (χ1v) is 19.3. The second kappa shape index (κ2) is 17.8. The lowest BCUT2D eigenvalue weighted by Gasteiger charge is -2.33. The van der Waals surface area contributed by atoms with E-state index in [0.717, 1.165) is 53.6 Å². The van der Waals surface area contributed by atoms with Crippen LogP contribution in [0.5, 0.6) is 11.5 Å². The van der Waals surface area contributed by atoms with Gasteiger partial charge < -0.3 is 29.7 Å². The maximum atomic E-state index is 13.8. The van der Waals surface area contributed by atoms with Gasteiger partial charge in [-0.05, 0) is 88.5 Å². The average Bonchev–Trinajstić information content (AvgIpc) is 3.81. The normalized spacial score (nSPS) is 17.9. The van der Waals surface area contributed by atoms with Gasteiger partial charge in [0.1, 0.15) is 36.1 Å². The Labute approximate surface area is 333 Å². The number of carbonyl (C=O) groups excluding carboxylic acids is 1. The Balaban J connectivity index is 0.00000177. The van der Waals surface area contributed by atoms with Crippen LogP contribution in [0.2, 0.25) is 0 Å². The van der Waals surface area contributed by atoms with E-state index in [4.69, 9.17) is 24.5 Å². The van der Waals surface area contributed by atoms with Gasteiger partial charge in [0.2, 0.25) is 5.95 Å². The summed E-state index contributed by atoms with van der Waals surface area (Å²) in [7, 11) is 3.94. The smallest absolute Gasteiger partial charge is 0.320 e. The maximum absolute atomic E-state index is 13.8. The first kappa shape index (κ1) is 40.5. The van der Waals surface area contributed by atoms with Gasteiger partial charge in [0, 0.05) is 36.7 Å². The van der Waals surface area contributed by atoms with Crippen molar-refractivity contribution in [3.8, 4) is 23.3 Å². The molecule has 3 atom stereocenters. The molecule has 2 amide bonds. The lowest BCUT2D eigenvalue weighted by molar-refractivity contribution is -0.122. The number of aromatic nitrogens is 5. The van der Waals surface area contributed by atoms with Gasteiger partial charge in [-0.2, -0.15) is 10.4 Å². The highest BCUT2D eigenvalue weighted by Gasteiger charge is 2.31. The van der Waals surface area contributed by atoms with Crippen molar-refractivity contribution in [2.75, 3.05) is 44.0 Å². The second-order valence-corrected chi connectivity index (χ2v) is 15.7. The number of hydrogen-bond acceptors (Lipinski definition) is 10.